The first-order valence-corrected chi connectivity index (χ1v) is 8.55. The molecule has 3 aromatic rings. The van der Waals surface area contributed by atoms with Crippen LogP contribution in [-0.2, 0) is 20.2 Å². The highest BCUT2D eigenvalue weighted by Crippen LogP contribution is 2.25. The van der Waals surface area contributed by atoms with E-state index in [4.69, 9.17) is 9.15 Å². The Morgan fingerprint density at radius 2 is 2.12 bits per heavy atom. The zero-order chi connectivity index (χ0) is 17.8. The molecule has 0 fully saturated rings. The number of nitrogens with one attached hydrogen (secondary N) is 1. The van der Waals surface area contributed by atoms with Crippen molar-refractivity contribution in [2.75, 3.05) is 0 Å². The van der Waals surface area contributed by atoms with Gasteiger partial charge in [0, 0.05) is 25.4 Å². The van der Waals surface area contributed by atoms with Crippen LogP contribution in [0.2, 0.25) is 0 Å². The number of hydrogen-bond donors (Lipinski definition) is 1. The van der Waals surface area contributed by atoms with Gasteiger partial charge in [-0.05, 0) is 47.1 Å². The number of amides is 1. The number of aromatic nitrogens is 2. The summed E-state index contributed by atoms with van der Waals surface area (Å²) in [4.78, 5) is 12.2. The van der Waals surface area contributed by atoms with Crippen LogP contribution in [0.1, 0.15) is 27.6 Å². The fourth-order valence-electron chi connectivity index (χ4n) is 2.37. The van der Waals surface area contributed by atoms with Gasteiger partial charge in [0.25, 0.3) is 5.91 Å². The van der Waals surface area contributed by atoms with Crippen molar-refractivity contribution >= 4 is 21.8 Å². The minimum atomic E-state index is -0.268. The number of benzene rings is 1. The van der Waals surface area contributed by atoms with Crippen molar-refractivity contribution in [1.29, 1.82) is 0 Å². The van der Waals surface area contributed by atoms with E-state index in [1.165, 1.54) is 0 Å². The smallest absolute Gasteiger partial charge is 0.287 e. The molecule has 3 rings (SSSR count). The maximum atomic E-state index is 12.2. The van der Waals surface area contributed by atoms with E-state index in [-0.39, 0.29) is 18.3 Å². The Morgan fingerprint density at radius 3 is 2.84 bits per heavy atom. The van der Waals surface area contributed by atoms with Crippen LogP contribution in [0.5, 0.6) is 5.75 Å². The number of furan rings is 1. The van der Waals surface area contributed by atoms with Crippen molar-refractivity contribution in [1.82, 2.24) is 15.1 Å². The Labute approximate surface area is 153 Å². The van der Waals surface area contributed by atoms with Crippen molar-refractivity contribution < 1.29 is 13.9 Å². The normalized spacial score (nSPS) is 10.7. The summed E-state index contributed by atoms with van der Waals surface area (Å²) in [5.74, 6) is 1.29. The van der Waals surface area contributed by atoms with Gasteiger partial charge in [-0.2, -0.15) is 5.10 Å². The SMILES string of the molecule is Cc1nn(C)cc1CNC(=O)c1ccc(COc2ccccc2Br)o1. The third-order valence-corrected chi connectivity index (χ3v) is 4.30. The lowest BCUT2D eigenvalue weighted by Crippen LogP contribution is -2.22. The molecule has 0 aliphatic carbocycles. The second-order valence-corrected chi connectivity index (χ2v) is 6.44. The minimum Gasteiger partial charge on any atom is -0.484 e. The first-order valence-electron chi connectivity index (χ1n) is 7.76. The number of para-hydroxylation sites is 1. The van der Waals surface area contributed by atoms with E-state index in [1.54, 1.807) is 16.8 Å². The van der Waals surface area contributed by atoms with Crippen molar-refractivity contribution in [3.8, 4) is 5.75 Å². The highest BCUT2D eigenvalue weighted by atomic mass is 79.9. The maximum absolute atomic E-state index is 12.2. The molecule has 0 spiro atoms. The van der Waals surface area contributed by atoms with Crippen LogP contribution >= 0.6 is 15.9 Å². The monoisotopic (exact) mass is 403 g/mol. The first kappa shape index (κ1) is 17.3. The zero-order valence-electron chi connectivity index (χ0n) is 14.0. The molecule has 1 aromatic carbocycles. The van der Waals surface area contributed by atoms with E-state index >= 15 is 0 Å². The fraction of sp³-hybridized carbons (Fsp3) is 0.222. The summed E-state index contributed by atoms with van der Waals surface area (Å²) in [5.41, 5.74) is 1.87. The van der Waals surface area contributed by atoms with Crippen LogP contribution in [-0.4, -0.2) is 15.7 Å². The highest BCUT2D eigenvalue weighted by molar-refractivity contribution is 9.10. The molecule has 25 heavy (non-hydrogen) atoms. The molecule has 7 heteroatoms. The topological polar surface area (TPSA) is 69.3 Å². The third-order valence-electron chi connectivity index (χ3n) is 3.65. The van der Waals surface area contributed by atoms with E-state index in [1.807, 2.05) is 44.4 Å². The molecule has 2 heterocycles. The van der Waals surface area contributed by atoms with Crippen LogP contribution in [0.4, 0.5) is 0 Å². The van der Waals surface area contributed by atoms with Gasteiger partial charge in [-0.15, -0.1) is 0 Å². The lowest BCUT2D eigenvalue weighted by molar-refractivity contribution is 0.0919. The number of aryl methyl sites for hydroxylation is 2. The average molecular weight is 404 g/mol. The van der Waals surface area contributed by atoms with Gasteiger partial charge < -0.3 is 14.5 Å². The molecule has 0 bridgehead atoms. The molecule has 0 aliphatic rings. The Hall–Kier alpha value is -2.54. The molecule has 6 nitrogen and oxygen atoms in total. The lowest BCUT2D eigenvalue weighted by Gasteiger charge is -2.06. The highest BCUT2D eigenvalue weighted by Gasteiger charge is 2.13. The molecule has 0 saturated carbocycles. The largest absolute Gasteiger partial charge is 0.484 e. The molecule has 0 saturated heterocycles. The molecule has 0 aliphatic heterocycles. The van der Waals surface area contributed by atoms with Gasteiger partial charge in [-0.1, -0.05) is 12.1 Å². The van der Waals surface area contributed by atoms with Crippen molar-refractivity contribution in [2.45, 2.75) is 20.1 Å². The van der Waals surface area contributed by atoms with Crippen molar-refractivity contribution in [3.63, 3.8) is 0 Å². The summed E-state index contributed by atoms with van der Waals surface area (Å²) in [6, 6.07) is 10.9. The Bertz CT molecular complexity index is 885. The van der Waals surface area contributed by atoms with Crippen LogP contribution in [0, 0.1) is 6.92 Å². The molecule has 0 atom stereocenters. The zero-order valence-corrected chi connectivity index (χ0v) is 15.5. The third kappa shape index (κ3) is 4.30. The minimum absolute atomic E-state index is 0.248. The van der Waals surface area contributed by atoms with Crippen LogP contribution in [0.25, 0.3) is 0 Å². The van der Waals surface area contributed by atoms with Crippen molar-refractivity contribution in [3.05, 3.63) is 69.8 Å². The van der Waals surface area contributed by atoms with Gasteiger partial charge in [0.2, 0.25) is 0 Å². The lowest BCUT2D eigenvalue weighted by atomic mass is 10.2. The Kier molecular flexibility index (Phi) is 5.23. The Morgan fingerprint density at radius 1 is 1.32 bits per heavy atom. The molecule has 2 aromatic heterocycles. The van der Waals surface area contributed by atoms with Gasteiger partial charge in [-0.3, -0.25) is 9.48 Å². The quantitative estimate of drug-likeness (QED) is 0.682. The van der Waals surface area contributed by atoms with Gasteiger partial charge in [0.15, 0.2) is 5.76 Å². The van der Waals surface area contributed by atoms with E-state index in [9.17, 15) is 4.79 Å². The van der Waals surface area contributed by atoms with Gasteiger partial charge in [0.05, 0.1) is 10.2 Å². The first-order chi connectivity index (χ1) is 12.0. The molecule has 1 N–H and O–H groups in total. The van der Waals surface area contributed by atoms with Crippen LogP contribution in [0.3, 0.4) is 0 Å². The number of hydrogen-bond acceptors (Lipinski definition) is 4. The predicted octanol–water partition coefficient (Wildman–Crippen LogP) is 3.59. The summed E-state index contributed by atoms with van der Waals surface area (Å²) in [6.45, 7) is 2.56. The predicted molar refractivity (Wildman–Crippen MR) is 96.3 cm³/mol. The molecular weight excluding hydrogens is 386 g/mol. The number of ether oxygens (including phenoxy) is 1. The number of nitrogens with zero attached hydrogens (tertiary/aromatic N) is 2. The molecule has 0 unspecified atom stereocenters. The fourth-order valence-corrected chi connectivity index (χ4v) is 2.77. The molecule has 0 radical (unpaired) electrons. The van der Waals surface area contributed by atoms with E-state index in [0.29, 0.717) is 12.3 Å². The van der Waals surface area contributed by atoms with Gasteiger partial charge in [-0.25, -0.2) is 0 Å². The van der Waals surface area contributed by atoms with Gasteiger partial charge in [0.1, 0.15) is 18.1 Å². The van der Waals surface area contributed by atoms with E-state index in [0.717, 1.165) is 21.5 Å². The average Bonchev–Trinajstić information content (AvgIpc) is 3.18. The van der Waals surface area contributed by atoms with Gasteiger partial charge >= 0.3 is 0 Å². The van der Waals surface area contributed by atoms with E-state index in [2.05, 4.69) is 26.3 Å². The molecule has 130 valence electrons. The molecule has 1 amide bonds. The van der Waals surface area contributed by atoms with Crippen LogP contribution < -0.4 is 10.1 Å². The second kappa shape index (κ2) is 7.57. The summed E-state index contributed by atoms with van der Waals surface area (Å²) in [5, 5.41) is 7.08. The Balaban J connectivity index is 1.56. The summed E-state index contributed by atoms with van der Waals surface area (Å²) in [7, 11) is 1.85. The number of carbonyl (C=O) groups excluding carboxylic acids is 1. The van der Waals surface area contributed by atoms with E-state index < -0.39 is 0 Å². The second-order valence-electron chi connectivity index (χ2n) is 5.58. The maximum Gasteiger partial charge on any atom is 0.287 e. The van der Waals surface area contributed by atoms with Crippen molar-refractivity contribution in [2.24, 2.45) is 7.05 Å². The summed E-state index contributed by atoms with van der Waals surface area (Å²) in [6.07, 6.45) is 1.88. The number of rotatable bonds is 6. The summed E-state index contributed by atoms with van der Waals surface area (Å²) >= 11 is 3.42. The summed E-state index contributed by atoms with van der Waals surface area (Å²) < 4.78 is 13.8. The van der Waals surface area contributed by atoms with Crippen LogP contribution in [0.15, 0.2) is 51.5 Å². The number of halogens is 1. The molecular formula is C18H18BrN3O3. The number of carbonyl (C=O) groups is 1. The standard InChI is InChI=1S/C18H18BrN3O3/c1-12-13(10-22(2)21-12)9-20-18(23)17-8-7-14(25-17)11-24-16-6-4-3-5-15(16)19/h3-8,10H,9,11H2,1-2H3,(H,20,23).